The Labute approximate surface area is 148 Å². The standard InChI is InChI=1S/C20H25N5/c1-25-12-7-16(8-13-25)21-19-23-17-15-4-2-14(3-5-15)6-9-20(10-11-20)18(22-17)24-19/h2-5,16H,6-13H2,1H3,(H,21,22,23,24). The molecule has 4 bridgehead atoms. The minimum absolute atomic E-state index is 0.188. The van der Waals surface area contributed by atoms with Gasteiger partial charge in [-0.3, -0.25) is 0 Å². The van der Waals surface area contributed by atoms with Gasteiger partial charge in [0.1, 0.15) is 5.82 Å². The van der Waals surface area contributed by atoms with Crippen LogP contribution in [-0.4, -0.2) is 46.0 Å². The number of benzene rings is 1. The van der Waals surface area contributed by atoms with E-state index in [1.165, 1.54) is 18.4 Å². The summed E-state index contributed by atoms with van der Waals surface area (Å²) in [6, 6.07) is 9.22. The van der Waals surface area contributed by atoms with E-state index >= 15 is 0 Å². The van der Waals surface area contributed by atoms with E-state index in [0.29, 0.717) is 6.04 Å². The fourth-order valence-corrected chi connectivity index (χ4v) is 4.08. The molecular weight excluding hydrogens is 310 g/mol. The molecule has 4 aliphatic rings. The van der Waals surface area contributed by atoms with Gasteiger partial charge in [0.25, 0.3) is 0 Å². The van der Waals surface area contributed by atoms with Crippen molar-refractivity contribution < 1.29 is 0 Å². The lowest BCUT2D eigenvalue weighted by Gasteiger charge is -2.29. The van der Waals surface area contributed by atoms with Crippen LogP contribution < -0.4 is 5.32 Å². The number of fused-ring (bicyclic) bond motifs is 3. The van der Waals surface area contributed by atoms with Crippen LogP contribution in [0.1, 0.15) is 43.5 Å². The summed E-state index contributed by atoms with van der Waals surface area (Å²) in [4.78, 5) is 16.9. The van der Waals surface area contributed by atoms with E-state index in [1.54, 1.807) is 0 Å². The van der Waals surface area contributed by atoms with Crippen molar-refractivity contribution in [3.8, 4) is 11.4 Å². The van der Waals surface area contributed by atoms with E-state index in [4.69, 9.17) is 15.0 Å². The molecule has 1 aliphatic carbocycles. The zero-order valence-corrected chi connectivity index (χ0v) is 14.8. The van der Waals surface area contributed by atoms with Gasteiger partial charge in [-0.15, -0.1) is 0 Å². The lowest BCUT2D eigenvalue weighted by molar-refractivity contribution is 0.263. The number of piperidine rings is 1. The van der Waals surface area contributed by atoms with Crippen molar-refractivity contribution in [2.75, 3.05) is 25.5 Å². The monoisotopic (exact) mass is 335 g/mol. The highest BCUT2D eigenvalue weighted by molar-refractivity contribution is 5.57. The van der Waals surface area contributed by atoms with Gasteiger partial charge in [-0.2, -0.15) is 9.97 Å². The molecule has 1 N–H and O–H groups in total. The third kappa shape index (κ3) is 2.91. The quantitative estimate of drug-likeness (QED) is 0.914. The van der Waals surface area contributed by atoms with Crippen LogP contribution >= 0.6 is 0 Å². The number of hydrogen-bond donors (Lipinski definition) is 1. The zero-order valence-electron chi connectivity index (χ0n) is 14.8. The Morgan fingerprint density at radius 2 is 1.76 bits per heavy atom. The second-order valence-electron chi connectivity index (χ2n) is 8.01. The molecule has 25 heavy (non-hydrogen) atoms. The first-order valence-electron chi connectivity index (χ1n) is 9.51. The lowest BCUT2D eigenvalue weighted by Crippen LogP contribution is -2.37. The minimum Gasteiger partial charge on any atom is -0.351 e. The Bertz CT molecular complexity index is 773. The Balaban J connectivity index is 1.51. The molecule has 130 valence electrons. The predicted octanol–water partition coefficient (Wildman–Crippen LogP) is 3.02. The summed E-state index contributed by atoms with van der Waals surface area (Å²) in [5.41, 5.74) is 2.69. The summed E-state index contributed by atoms with van der Waals surface area (Å²) in [7, 11) is 2.19. The van der Waals surface area contributed by atoms with Crippen molar-refractivity contribution in [1.29, 1.82) is 0 Å². The largest absolute Gasteiger partial charge is 0.351 e. The second kappa shape index (κ2) is 5.77. The van der Waals surface area contributed by atoms with Crippen molar-refractivity contribution in [2.24, 2.45) is 0 Å². The number of nitrogens with zero attached hydrogens (tertiary/aromatic N) is 4. The normalized spacial score (nSPS) is 22.1. The number of aromatic nitrogens is 3. The fourth-order valence-electron chi connectivity index (χ4n) is 4.08. The maximum atomic E-state index is 4.87. The van der Waals surface area contributed by atoms with Gasteiger partial charge in [-0.25, -0.2) is 4.98 Å². The molecule has 4 heterocycles. The highest BCUT2D eigenvalue weighted by atomic mass is 15.2. The van der Waals surface area contributed by atoms with Crippen LogP contribution in [0.25, 0.3) is 11.4 Å². The van der Waals surface area contributed by atoms with E-state index in [2.05, 4.69) is 41.5 Å². The summed E-state index contributed by atoms with van der Waals surface area (Å²) in [6.45, 7) is 2.27. The van der Waals surface area contributed by atoms with Gasteiger partial charge < -0.3 is 10.2 Å². The van der Waals surface area contributed by atoms with Crippen LogP contribution in [-0.2, 0) is 11.8 Å². The van der Waals surface area contributed by atoms with Crippen LogP contribution in [0.5, 0.6) is 0 Å². The number of hydrogen-bond acceptors (Lipinski definition) is 5. The average Bonchev–Trinajstić information content (AvgIpc) is 3.43. The van der Waals surface area contributed by atoms with Crippen LogP contribution in [0.15, 0.2) is 24.3 Å². The van der Waals surface area contributed by atoms with E-state index < -0.39 is 0 Å². The summed E-state index contributed by atoms with van der Waals surface area (Å²) >= 11 is 0. The molecule has 0 unspecified atom stereocenters. The first-order chi connectivity index (χ1) is 12.2. The van der Waals surface area contributed by atoms with Crippen molar-refractivity contribution in [2.45, 2.75) is 50.0 Å². The lowest BCUT2D eigenvalue weighted by atomic mass is 9.94. The van der Waals surface area contributed by atoms with Gasteiger partial charge in [-0.05, 0) is 64.2 Å². The van der Waals surface area contributed by atoms with E-state index in [0.717, 1.165) is 61.9 Å². The molecular formula is C20H25N5. The summed E-state index contributed by atoms with van der Waals surface area (Å²) in [5, 5.41) is 3.60. The zero-order chi connectivity index (χ0) is 16.9. The summed E-state index contributed by atoms with van der Waals surface area (Å²) in [5.74, 6) is 2.60. The number of aryl methyl sites for hydroxylation is 1. The van der Waals surface area contributed by atoms with Crippen LogP contribution in [0, 0.1) is 0 Å². The van der Waals surface area contributed by atoms with Gasteiger partial charge in [0, 0.05) is 17.0 Å². The van der Waals surface area contributed by atoms with E-state index in [-0.39, 0.29) is 5.41 Å². The molecule has 5 nitrogen and oxygen atoms in total. The average molecular weight is 335 g/mol. The van der Waals surface area contributed by atoms with E-state index in [1.807, 2.05) is 0 Å². The van der Waals surface area contributed by atoms with Crippen LogP contribution in [0.4, 0.5) is 5.95 Å². The highest BCUT2D eigenvalue weighted by Crippen LogP contribution is 2.51. The van der Waals surface area contributed by atoms with Gasteiger partial charge in [0.2, 0.25) is 5.95 Å². The molecule has 1 spiro atoms. The second-order valence-corrected chi connectivity index (χ2v) is 8.01. The molecule has 2 aromatic rings. The summed E-state index contributed by atoms with van der Waals surface area (Å²) in [6.07, 6.45) is 6.96. The van der Waals surface area contributed by atoms with Crippen LogP contribution in [0.3, 0.4) is 0 Å². The highest BCUT2D eigenvalue weighted by Gasteiger charge is 2.47. The molecule has 1 aromatic heterocycles. The van der Waals surface area contributed by atoms with Crippen molar-refractivity contribution in [3.63, 3.8) is 0 Å². The Hall–Kier alpha value is -2.01. The number of anilines is 1. The number of rotatable bonds is 2. The number of likely N-dealkylation sites (tertiary alicyclic amines) is 1. The molecule has 6 rings (SSSR count). The molecule has 0 radical (unpaired) electrons. The Kier molecular flexibility index (Phi) is 3.52. The van der Waals surface area contributed by atoms with Crippen molar-refractivity contribution in [1.82, 2.24) is 19.9 Å². The van der Waals surface area contributed by atoms with Crippen molar-refractivity contribution >= 4 is 5.95 Å². The molecule has 3 aliphatic heterocycles. The Morgan fingerprint density at radius 3 is 2.48 bits per heavy atom. The third-order valence-electron chi connectivity index (χ3n) is 6.12. The van der Waals surface area contributed by atoms with Gasteiger partial charge >= 0.3 is 0 Å². The number of nitrogens with one attached hydrogen (secondary N) is 1. The van der Waals surface area contributed by atoms with E-state index in [9.17, 15) is 0 Å². The SMILES string of the molecule is CN1CCC(Nc2nc3nc(n2)C2(CCc4ccc-3cc4)CC2)CC1. The predicted molar refractivity (Wildman–Crippen MR) is 98.6 cm³/mol. The van der Waals surface area contributed by atoms with Gasteiger partial charge in [0.05, 0.1) is 0 Å². The summed E-state index contributed by atoms with van der Waals surface area (Å²) < 4.78 is 0. The van der Waals surface area contributed by atoms with Crippen molar-refractivity contribution in [3.05, 3.63) is 35.7 Å². The fraction of sp³-hybridized carbons (Fsp3) is 0.550. The molecule has 2 fully saturated rings. The maximum Gasteiger partial charge on any atom is 0.226 e. The van der Waals surface area contributed by atoms with Crippen LogP contribution in [0.2, 0.25) is 0 Å². The first kappa shape index (κ1) is 15.3. The molecule has 5 heteroatoms. The molecule has 1 saturated carbocycles. The van der Waals surface area contributed by atoms with Gasteiger partial charge in [-0.1, -0.05) is 24.3 Å². The minimum atomic E-state index is 0.188. The molecule has 1 aromatic carbocycles. The Morgan fingerprint density at radius 1 is 1.00 bits per heavy atom. The topological polar surface area (TPSA) is 53.9 Å². The molecule has 0 amide bonds. The smallest absolute Gasteiger partial charge is 0.226 e. The molecule has 1 saturated heterocycles. The first-order valence-corrected chi connectivity index (χ1v) is 9.51. The maximum absolute atomic E-state index is 4.87. The third-order valence-corrected chi connectivity index (χ3v) is 6.12. The molecule has 0 atom stereocenters. The van der Waals surface area contributed by atoms with Gasteiger partial charge in [0.15, 0.2) is 5.82 Å².